The van der Waals surface area contributed by atoms with E-state index >= 15 is 0 Å². The van der Waals surface area contributed by atoms with E-state index in [1.807, 2.05) is 23.1 Å². The lowest BCUT2D eigenvalue weighted by atomic mass is 9.96. The molecule has 1 saturated carbocycles. The number of hydrogen-bond donors (Lipinski definition) is 0. The zero-order valence-corrected chi connectivity index (χ0v) is 15.3. The van der Waals surface area contributed by atoms with Gasteiger partial charge in [0.2, 0.25) is 17.7 Å². The minimum absolute atomic E-state index is 0.203. The highest BCUT2D eigenvalue weighted by molar-refractivity contribution is 5.90. The topological polar surface area (TPSA) is 59.2 Å². The Morgan fingerprint density at radius 3 is 2.33 bits per heavy atom. The Balaban J connectivity index is 1.23. The van der Waals surface area contributed by atoms with Gasteiger partial charge in [-0.15, -0.1) is 10.2 Å². The molecule has 2 heterocycles. The van der Waals surface area contributed by atoms with Crippen LogP contribution in [0.1, 0.15) is 54.9 Å². The Labute approximate surface area is 158 Å². The maximum absolute atomic E-state index is 12.8. The maximum atomic E-state index is 12.8. The summed E-state index contributed by atoms with van der Waals surface area (Å²) in [5, 5.41) is 10.8. The molecule has 5 heteroatoms. The quantitative estimate of drug-likeness (QED) is 0.703. The minimum atomic E-state index is 0.203. The fourth-order valence-corrected chi connectivity index (χ4v) is 4.00. The molecule has 1 amide bonds. The number of benzene rings is 2. The van der Waals surface area contributed by atoms with Gasteiger partial charge in [0.25, 0.3) is 0 Å². The van der Waals surface area contributed by atoms with Crippen LogP contribution in [0.3, 0.4) is 0 Å². The van der Waals surface area contributed by atoms with E-state index in [1.54, 1.807) is 0 Å². The largest absolute Gasteiger partial charge is 0.425 e. The predicted octanol–water partition coefficient (Wildman–Crippen LogP) is 4.05. The summed E-state index contributed by atoms with van der Waals surface area (Å²) in [6.07, 6.45) is 4.59. The van der Waals surface area contributed by atoms with Gasteiger partial charge in [-0.1, -0.05) is 42.5 Å². The van der Waals surface area contributed by atoms with E-state index < -0.39 is 0 Å². The Kier molecular flexibility index (Phi) is 4.15. The molecule has 2 fully saturated rings. The van der Waals surface area contributed by atoms with Gasteiger partial charge in [-0.3, -0.25) is 4.79 Å². The van der Waals surface area contributed by atoms with E-state index in [2.05, 4.69) is 34.5 Å². The van der Waals surface area contributed by atoms with Gasteiger partial charge in [0.05, 0.1) is 6.42 Å². The van der Waals surface area contributed by atoms with Gasteiger partial charge in [-0.25, -0.2) is 0 Å². The number of rotatable bonds is 4. The molecule has 0 radical (unpaired) electrons. The van der Waals surface area contributed by atoms with Crippen LogP contribution in [0.4, 0.5) is 0 Å². The molecule has 27 heavy (non-hydrogen) atoms. The lowest BCUT2D eigenvalue weighted by molar-refractivity contribution is -0.131. The second kappa shape index (κ2) is 6.80. The van der Waals surface area contributed by atoms with Crippen molar-refractivity contribution in [2.45, 2.75) is 43.9 Å². The average Bonchev–Trinajstić information content (AvgIpc) is 3.45. The van der Waals surface area contributed by atoms with Crippen molar-refractivity contribution in [1.82, 2.24) is 15.1 Å². The molecule has 1 aromatic heterocycles. The first kappa shape index (κ1) is 16.5. The summed E-state index contributed by atoms with van der Waals surface area (Å²) >= 11 is 0. The highest BCUT2D eigenvalue weighted by Gasteiger charge is 2.32. The van der Waals surface area contributed by atoms with Gasteiger partial charge in [0.1, 0.15) is 0 Å². The first-order valence-corrected chi connectivity index (χ1v) is 9.85. The highest BCUT2D eigenvalue weighted by Crippen LogP contribution is 2.40. The number of piperidine rings is 1. The molecule has 5 rings (SSSR count). The zero-order chi connectivity index (χ0) is 18.2. The molecule has 1 saturated heterocycles. The molecule has 0 unspecified atom stereocenters. The number of aromatic nitrogens is 2. The second-order valence-corrected chi connectivity index (χ2v) is 7.72. The third kappa shape index (κ3) is 3.34. The van der Waals surface area contributed by atoms with Gasteiger partial charge in [-0.05, 0) is 42.0 Å². The van der Waals surface area contributed by atoms with Crippen LogP contribution in [0.25, 0.3) is 10.8 Å². The fourth-order valence-electron chi connectivity index (χ4n) is 4.00. The van der Waals surface area contributed by atoms with E-state index in [1.165, 1.54) is 23.6 Å². The van der Waals surface area contributed by atoms with Gasteiger partial charge in [-0.2, -0.15) is 0 Å². The SMILES string of the molecule is O=C(Cc1cccc2ccccc12)N1CCC(c2nnc(C3CC3)o2)CC1. The smallest absolute Gasteiger partial charge is 0.227 e. The average molecular weight is 361 g/mol. The van der Waals surface area contributed by atoms with Crippen molar-refractivity contribution in [3.05, 3.63) is 59.8 Å². The molecule has 1 aliphatic heterocycles. The van der Waals surface area contributed by atoms with Crippen LogP contribution >= 0.6 is 0 Å². The summed E-state index contributed by atoms with van der Waals surface area (Å²) in [4.78, 5) is 14.8. The van der Waals surface area contributed by atoms with Crippen LogP contribution in [0.2, 0.25) is 0 Å². The lowest BCUT2D eigenvalue weighted by Crippen LogP contribution is -2.38. The fraction of sp³-hybridized carbons (Fsp3) is 0.409. The number of carbonyl (C=O) groups excluding carboxylic acids is 1. The molecular weight excluding hydrogens is 338 g/mol. The molecule has 1 aliphatic carbocycles. The van der Waals surface area contributed by atoms with Crippen molar-refractivity contribution in [2.24, 2.45) is 0 Å². The summed E-state index contributed by atoms with van der Waals surface area (Å²) < 4.78 is 5.86. The standard InChI is InChI=1S/C22H23N3O2/c26-20(14-18-6-3-5-15-4-1-2-7-19(15)18)25-12-10-17(11-13-25)22-24-23-21(27-22)16-8-9-16/h1-7,16-17H,8-14H2. The molecular formula is C22H23N3O2. The first-order chi connectivity index (χ1) is 13.3. The van der Waals surface area contributed by atoms with Crippen LogP contribution in [0, 0.1) is 0 Å². The number of hydrogen-bond acceptors (Lipinski definition) is 4. The predicted molar refractivity (Wildman–Crippen MR) is 102 cm³/mol. The lowest BCUT2D eigenvalue weighted by Gasteiger charge is -2.30. The Morgan fingerprint density at radius 1 is 0.926 bits per heavy atom. The van der Waals surface area contributed by atoms with Crippen LogP contribution in [-0.4, -0.2) is 34.1 Å². The Hall–Kier alpha value is -2.69. The number of nitrogens with zero attached hydrogens (tertiary/aromatic N) is 3. The second-order valence-electron chi connectivity index (χ2n) is 7.72. The molecule has 0 spiro atoms. The van der Waals surface area contributed by atoms with E-state index in [0.717, 1.165) is 43.3 Å². The minimum Gasteiger partial charge on any atom is -0.425 e. The van der Waals surface area contributed by atoms with E-state index in [9.17, 15) is 4.79 Å². The number of carbonyl (C=O) groups is 1. The van der Waals surface area contributed by atoms with E-state index in [4.69, 9.17) is 4.42 Å². The van der Waals surface area contributed by atoms with E-state index in [-0.39, 0.29) is 11.8 Å². The van der Waals surface area contributed by atoms with Gasteiger partial charge in [0, 0.05) is 24.9 Å². The van der Waals surface area contributed by atoms with Crippen molar-refractivity contribution in [1.29, 1.82) is 0 Å². The van der Waals surface area contributed by atoms with Crippen LogP contribution in [0.15, 0.2) is 46.9 Å². The van der Waals surface area contributed by atoms with Gasteiger partial charge < -0.3 is 9.32 Å². The van der Waals surface area contributed by atoms with Crippen LogP contribution in [-0.2, 0) is 11.2 Å². The van der Waals surface area contributed by atoms with Crippen molar-refractivity contribution in [3.8, 4) is 0 Å². The molecule has 2 aromatic carbocycles. The summed E-state index contributed by atoms with van der Waals surface area (Å²) in [7, 11) is 0. The Morgan fingerprint density at radius 2 is 1.59 bits per heavy atom. The van der Waals surface area contributed by atoms with Crippen molar-refractivity contribution in [2.75, 3.05) is 13.1 Å². The van der Waals surface area contributed by atoms with Gasteiger partial charge >= 0.3 is 0 Å². The normalized spacial score (nSPS) is 18.1. The third-order valence-corrected chi connectivity index (χ3v) is 5.80. The number of likely N-dealkylation sites (tertiary alicyclic amines) is 1. The number of fused-ring (bicyclic) bond motifs is 1. The number of amides is 1. The molecule has 0 atom stereocenters. The molecule has 5 nitrogen and oxygen atoms in total. The molecule has 3 aromatic rings. The summed E-state index contributed by atoms with van der Waals surface area (Å²) in [5.41, 5.74) is 1.10. The summed E-state index contributed by atoms with van der Waals surface area (Å²) in [5.74, 6) is 2.55. The van der Waals surface area contributed by atoms with Crippen molar-refractivity contribution >= 4 is 16.7 Å². The molecule has 0 bridgehead atoms. The molecule has 0 N–H and O–H groups in total. The third-order valence-electron chi connectivity index (χ3n) is 5.80. The Bertz CT molecular complexity index is 963. The molecule has 138 valence electrons. The maximum Gasteiger partial charge on any atom is 0.227 e. The van der Waals surface area contributed by atoms with Crippen LogP contribution < -0.4 is 0 Å². The monoisotopic (exact) mass is 361 g/mol. The van der Waals surface area contributed by atoms with Crippen molar-refractivity contribution in [3.63, 3.8) is 0 Å². The van der Waals surface area contributed by atoms with Crippen LogP contribution in [0.5, 0.6) is 0 Å². The molecule has 2 aliphatic rings. The van der Waals surface area contributed by atoms with Gasteiger partial charge in [0.15, 0.2) is 0 Å². The first-order valence-electron chi connectivity index (χ1n) is 9.85. The van der Waals surface area contributed by atoms with E-state index in [0.29, 0.717) is 12.3 Å². The summed E-state index contributed by atoms with van der Waals surface area (Å²) in [6.45, 7) is 1.52. The van der Waals surface area contributed by atoms with Crippen molar-refractivity contribution < 1.29 is 9.21 Å². The zero-order valence-electron chi connectivity index (χ0n) is 15.3. The summed E-state index contributed by atoms with van der Waals surface area (Å²) in [6, 6.07) is 14.4. The highest BCUT2D eigenvalue weighted by atomic mass is 16.4.